The third-order valence-electron chi connectivity index (χ3n) is 3.95. The average molecular weight is 355 g/mol. The van der Waals surface area contributed by atoms with Gasteiger partial charge in [0.05, 0.1) is 21.1 Å². The van der Waals surface area contributed by atoms with Gasteiger partial charge in [0, 0.05) is 45.7 Å². The molecule has 4 aromatic rings. The fraction of sp³-hybridized carbons (Fsp3) is 0. The average Bonchev–Trinajstić information content (AvgIpc) is 2.56. The van der Waals surface area contributed by atoms with Crippen molar-refractivity contribution in [2.75, 3.05) is 11.5 Å². The lowest BCUT2D eigenvalue weighted by Gasteiger charge is -2.14. The quantitative estimate of drug-likeness (QED) is 0.475. The molecule has 0 aliphatic carbocycles. The van der Waals surface area contributed by atoms with Gasteiger partial charge in [-0.15, -0.1) is 0 Å². The van der Waals surface area contributed by atoms with Crippen LogP contribution in [0.3, 0.4) is 0 Å². The summed E-state index contributed by atoms with van der Waals surface area (Å²) >= 11 is 12.1. The van der Waals surface area contributed by atoms with Crippen LogP contribution in [-0.4, -0.2) is 9.97 Å². The van der Waals surface area contributed by atoms with Gasteiger partial charge in [-0.05, 0) is 24.3 Å². The maximum absolute atomic E-state index is 6.26. The van der Waals surface area contributed by atoms with E-state index in [1.807, 2.05) is 36.4 Å². The van der Waals surface area contributed by atoms with Gasteiger partial charge in [0.15, 0.2) is 0 Å². The first-order chi connectivity index (χ1) is 11.5. The summed E-state index contributed by atoms with van der Waals surface area (Å²) in [6.45, 7) is 0. The van der Waals surface area contributed by atoms with Gasteiger partial charge in [-0.1, -0.05) is 35.3 Å². The summed E-state index contributed by atoms with van der Waals surface area (Å²) < 4.78 is 0. The predicted octanol–water partition coefficient (Wildman–Crippen LogP) is 4.92. The number of halogens is 2. The topological polar surface area (TPSA) is 77.8 Å². The first-order valence-corrected chi connectivity index (χ1v) is 7.98. The number of nitrogen functional groups attached to an aromatic ring is 2. The normalized spacial score (nSPS) is 11.2. The summed E-state index contributed by atoms with van der Waals surface area (Å²) in [6.07, 6.45) is 3.19. The molecular weight excluding hydrogens is 343 g/mol. The Morgan fingerprint density at radius 1 is 0.667 bits per heavy atom. The van der Waals surface area contributed by atoms with Crippen molar-refractivity contribution in [2.45, 2.75) is 0 Å². The lowest BCUT2D eigenvalue weighted by atomic mass is 9.96. The fourth-order valence-corrected chi connectivity index (χ4v) is 3.24. The van der Waals surface area contributed by atoms with Gasteiger partial charge in [-0.3, -0.25) is 9.97 Å². The first kappa shape index (κ1) is 15.0. The van der Waals surface area contributed by atoms with E-state index in [4.69, 9.17) is 34.7 Å². The van der Waals surface area contributed by atoms with E-state index in [2.05, 4.69) is 9.97 Å². The summed E-state index contributed by atoms with van der Waals surface area (Å²) in [6, 6.07) is 11.1. The molecule has 4 rings (SSSR count). The van der Waals surface area contributed by atoms with Gasteiger partial charge in [-0.25, -0.2) is 0 Å². The van der Waals surface area contributed by atoms with Crippen LogP contribution in [0.1, 0.15) is 0 Å². The van der Waals surface area contributed by atoms with E-state index >= 15 is 0 Å². The van der Waals surface area contributed by atoms with E-state index < -0.39 is 0 Å². The molecule has 0 bridgehead atoms. The number of pyridine rings is 2. The molecule has 2 aromatic heterocycles. The smallest absolute Gasteiger partial charge is 0.0803 e. The lowest BCUT2D eigenvalue weighted by Crippen LogP contribution is -1.99. The van der Waals surface area contributed by atoms with E-state index in [0.29, 0.717) is 21.4 Å². The van der Waals surface area contributed by atoms with Crippen molar-refractivity contribution in [3.63, 3.8) is 0 Å². The predicted molar refractivity (Wildman–Crippen MR) is 101 cm³/mol. The minimum absolute atomic E-state index is 0.564. The number of hydrogen-bond donors (Lipinski definition) is 2. The third-order valence-corrected chi connectivity index (χ3v) is 4.37. The van der Waals surface area contributed by atoms with Crippen molar-refractivity contribution in [3.05, 3.63) is 58.8 Å². The van der Waals surface area contributed by atoms with E-state index in [1.165, 1.54) is 0 Å². The molecule has 6 heteroatoms. The Morgan fingerprint density at radius 3 is 1.50 bits per heavy atom. The zero-order valence-corrected chi connectivity index (χ0v) is 13.9. The highest BCUT2D eigenvalue weighted by Crippen LogP contribution is 2.40. The molecular formula is C18H12Cl2N4. The Hall–Kier alpha value is -2.56. The van der Waals surface area contributed by atoms with Crippen LogP contribution >= 0.6 is 23.2 Å². The minimum atomic E-state index is 0.564. The maximum atomic E-state index is 6.26. The summed E-state index contributed by atoms with van der Waals surface area (Å²) in [5, 5.41) is 2.90. The van der Waals surface area contributed by atoms with Gasteiger partial charge in [-0.2, -0.15) is 0 Å². The van der Waals surface area contributed by atoms with Crippen LogP contribution in [0.4, 0.5) is 11.4 Å². The number of fused-ring (bicyclic) bond motifs is 2. The summed E-state index contributed by atoms with van der Waals surface area (Å²) in [4.78, 5) is 8.92. The Bertz CT molecular complexity index is 1020. The molecule has 4 N–H and O–H groups in total. The second kappa shape index (κ2) is 5.51. The molecule has 0 radical (unpaired) electrons. The van der Waals surface area contributed by atoms with Crippen molar-refractivity contribution in [3.8, 4) is 11.1 Å². The van der Waals surface area contributed by atoms with Crippen LogP contribution < -0.4 is 11.5 Å². The van der Waals surface area contributed by atoms with E-state index in [-0.39, 0.29) is 0 Å². The van der Waals surface area contributed by atoms with E-state index in [0.717, 1.165) is 32.9 Å². The van der Waals surface area contributed by atoms with Gasteiger partial charge in [0.1, 0.15) is 0 Å². The van der Waals surface area contributed by atoms with Gasteiger partial charge in [0.25, 0.3) is 0 Å². The molecule has 0 unspecified atom stereocenters. The Kier molecular flexibility index (Phi) is 3.44. The van der Waals surface area contributed by atoms with Crippen molar-refractivity contribution in [2.24, 2.45) is 0 Å². The number of nitrogens with zero attached hydrogens (tertiary/aromatic N) is 2. The molecule has 0 aliphatic heterocycles. The molecule has 0 spiro atoms. The monoisotopic (exact) mass is 354 g/mol. The number of aromatic nitrogens is 2. The second-order valence-corrected chi connectivity index (χ2v) is 6.38. The molecule has 0 amide bonds. The zero-order valence-electron chi connectivity index (χ0n) is 12.4. The zero-order chi connectivity index (χ0) is 16.8. The van der Waals surface area contributed by atoms with Crippen LogP contribution in [-0.2, 0) is 0 Å². The van der Waals surface area contributed by atoms with Crippen molar-refractivity contribution in [1.82, 2.24) is 9.97 Å². The van der Waals surface area contributed by atoms with Crippen molar-refractivity contribution < 1.29 is 0 Å². The summed E-state index contributed by atoms with van der Waals surface area (Å²) in [5.74, 6) is 0. The van der Waals surface area contributed by atoms with Crippen molar-refractivity contribution in [1.29, 1.82) is 0 Å². The van der Waals surface area contributed by atoms with Gasteiger partial charge < -0.3 is 11.5 Å². The summed E-state index contributed by atoms with van der Waals surface area (Å²) in [7, 11) is 0. The van der Waals surface area contributed by atoms with Crippen LogP contribution in [0, 0.1) is 0 Å². The standard InChI is InChI=1S/C18H12Cl2N4/c19-11-5-9-1-3-13(21)15(17(9)23-7-11)16-14(22)4-2-10-6-12(20)8-24-18(10)16/h1-8H,21-22H2. The van der Waals surface area contributed by atoms with Gasteiger partial charge in [0.2, 0.25) is 0 Å². The van der Waals surface area contributed by atoms with Crippen LogP contribution in [0.2, 0.25) is 10.0 Å². The van der Waals surface area contributed by atoms with E-state index in [1.54, 1.807) is 12.4 Å². The SMILES string of the molecule is Nc1ccc2cc(Cl)cnc2c1-c1c(N)ccc2cc(Cl)cnc12. The highest BCUT2D eigenvalue weighted by Gasteiger charge is 2.16. The van der Waals surface area contributed by atoms with Gasteiger partial charge >= 0.3 is 0 Å². The second-order valence-electron chi connectivity index (χ2n) is 5.51. The highest BCUT2D eigenvalue weighted by molar-refractivity contribution is 6.31. The first-order valence-electron chi connectivity index (χ1n) is 7.22. The lowest BCUT2D eigenvalue weighted by molar-refractivity contribution is 1.39. The Labute approximate surface area is 148 Å². The fourth-order valence-electron chi connectivity index (χ4n) is 2.91. The number of benzene rings is 2. The molecule has 0 atom stereocenters. The molecule has 0 saturated heterocycles. The molecule has 2 heterocycles. The van der Waals surface area contributed by atoms with Crippen LogP contribution in [0.15, 0.2) is 48.8 Å². The minimum Gasteiger partial charge on any atom is -0.398 e. The number of nitrogens with two attached hydrogens (primary N) is 2. The Balaban J connectivity index is 2.17. The molecule has 24 heavy (non-hydrogen) atoms. The number of hydrogen-bond acceptors (Lipinski definition) is 4. The van der Waals surface area contributed by atoms with Crippen molar-refractivity contribution >= 4 is 56.4 Å². The number of anilines is 2. The molecule has 0 saturated carbocycles. The Morgan fingerprint density at radius 2 is 1.08 bits per heavy atom. The van der Waals surface area contributed by atoms with E-state index in [9.17, 15) is 0 Å². The molecule has 0 fully saturated rings. The van der Waals surface area contributed by atoms with Crippen LogP contribution in [0.25, 0.3) is 32.9 Å². The molecule has 4 nitrogen and oxygen atoms in total. The maximum Gasteiger partial charge on any atom is 0.0803 e. The molecule has 0 aliphatic rings. The number of rotatable bonds is 1. The summed E-state index contributed by atoms with van der Waals surface area (Å²) in [5.41, 5.74) is 16.7. The third kappa shape index (κ3) is 2.31. The largest absolute Gasteiger partial charge is 0.398 e. The molecule has 2 aromatic carbocycles. The molecule has 118 valence electrons. The highest BCUT2D eigenvalue weighted by atomic mass is 35.5. The van der Waals surface area contributed by atoms with Crippen LogP contribution in [0.5, 0.6) is 0 Å².